The molecule has 0 unspecified atom stereocenters. The van der Waals surface area contributed by atoms with Gasteiger partial charge in [-0.05, 0) is 34.8 Å². The Bertz CT molecular complexity index is 458. The molecule has 4 N–H and O–H groups in total. The van der Waals surface area contributed by atoms with Crippen LogP contribution in [0.3, 0.4) is 0 Å². The molecular weight excluding hydrogens is 316 g/mol. The van der Waals surface area contributed by atoms with E-state index >= 15 is 0 Å². The lowest BCUT2D eigenvalue weighted by Crippen LogP contribution is -2.57. The van der Waals surface area contributed by atoms with Crippen LogP contribution in [0.2, 0.25) is 0 Å². The van der Waals surface area contributed by atoms with Crippen LogP contribution < -0.4 is 5.32 Å². The minimum Gasteiger partial charge on any atom is -0.394 e. The molecule has 0 aliphatic heterocycles. The van der Waals surface area contributed by atoms with Crippen LogP contribution in [0.1, 0.15) is 29.4 Å². The Balaban J connectivity index is 2.19. The molecule has 1 heterocycles. The monoisotopic (exact) mass is 332 g/mol. The third kappa shape index (κ3) is 3.00. The van der Waals surface area contributed by atoms with E-state index in [4.69, 9.17) is 0 Å². The van der Waals surface area contributed by atoms with Crippen molar-refractivity contribution in [3.8, 4) is 0 Å². The molecule has 2 rings (SSSR count). The molecule has 0 atom stereocenters. The highest BCUT2D eigenvalue weighted by Gasteiger charge is 2.33. The SMILES string of the molecule is O=C(NC(CO)(CO)CO)c1cc(Br)cn1C1CC1. The van der Waals surface area contributed by atoms with Crippen molar-refractivity contribution in [1.29, 1.82) is 0 Å². The summed E-state index contributed by atoms with van der Waals surface area (Å²) in [4.78, 5) is 12.2. The molecule has 0 saturated heterocycles. The molecule has 19 heavy (non-hydrogen) atoms. The maximum atomic E-state index is 12.2. The van der Waals surface area contributed by atoms with Crippen LogP contribution in [0, 0.1) is 0 Å². The fraction of sp³-hybridized carbons (Fsp3) is 0.583. The van der Waals surface area contributed by atoms with E-state index in [1.54, 1.807) is 6.07 Å². The lowest BCUT2D eigenvalue weighted by molar-refractivity contribution is 0.0371. The summed E-state index contributed by atoms with van der Waals surface area (Å²) >= 11 is 3.33. The van der Waals surface area contributed by atoms with Gasteiger partial charge >= 0.3 is 0 Å². The zero-order valence-corrected chi connectivity index (χ0v) is 11.9. The topological polar surface area (TPSA) is 94.7 Å². The Morgan fingerprint density at radius 3 is 2.42 bits per heavy atom. The van der Waals surface area contributed by atoms with Crippen molar-refractivity contribution in [2.75, 3.05) is 19.8 Å². The van der Waals surface area contributed by atoms with Gasteiger partial charge in [0.2, 0.25) is 0 Å². The van der Waals surface area contributed by atoms with Crippen molar-refractivity contribution < 1.29 is 20.1 Å². The van der Waals surface area contributed by atoms with Crippen LogP contribution in [0.5, 0.6) is 0 Å². The van der Waals surface area contributed by atoms with Gasteiger partial charge in [-0.2, -0.15) is 0 Å². The summed E-state index contributed by atoms with van der Waals surface area (Å²) in [5.41, 5.74) is -0.948. The number of rotatable bonds is 6. The van der Waals surface area contributed by atoms with Crippen molar-refractivity contribution in [3.05, 3.63) is 22.4 Å². The normalized spacial score (nSPS) is 15.6. The van der Waals surface area contributed by atoms with Crippen molar-refractivity contribution in [1.82, 2.24) is 9.88 Å². The van der Waals surface area contributed by atoms with Crippen molar-refractivity contribution in [2.45, 2.75) is 24.4 Å². The Morgan fingerprint density at radius 2 is 1.95 bits per heavy atom. The molecule has 0 bridgehead atoms. The minimum atomic E-state index is -1.40. The number of aliphatic hydroxyl groups is 3. The maximum Gasteiger partial charge on any atom is 0.268 e. The first kappa shape index (κ1) is 14.5. The summed E-state index contributed by atoms with van der Waals surface area (Å²) in [7, 11) is 0. The number of aromatic nitrogens is 1. The third-order valence-corrected chi connectivity index (χ3v) is 3.71. The van der Waals surface area contributed by atoms with Crippen LogP contribution in [-0.2, 0) is 0 Å². The van der Waals surface area contributed by atoms with Crippen molar-refractivity contribution in [2.24, 2.45) is 0 Å². The van der Waals surface area contributed by atoms with Crippen molar-refractivity contribution in [3.63, 3.8) is 0 Å². The van der Waals surface area contributed by atoms with E-state index in [0.717, 1.165) is 17.3 Å². The molecular formula is C12H17BrN2O4. The molecule has 1 aliphatic rings. The van der Waals surface area contributed by atoms with E-state index in [2.05, 4.69) is 21.2 Å². The Labute approximate surface area is 119 Å². The summed E-state index contributed by atoms with van der Waals surface area (Å²) < 4.78 is 2.67. The van der Waals surface area contributed by atoms with Gasteiger partial charge in [-0.1, -0.05) is 0 Å². The highest BCUT2D eigenvalue weighted by atomic mass is 79.9. The summed E-state index contributed by atoms with van der Waals surface area (Å²) in [6.45, 7) is -1.59. The second-order valence-corrected chi connectivity index (χ2v) is 5.81. The highest BCUT2D eigenvalue weighted by Crippen LogP contribution is 2.37. The second kappa shape index (κ2) is 5.62. The van der Waals surface area contributed by atoms with Gasteiger partial charge in [0.25, 0.3) is 5.91 Å². The smallest absolute Gasteiger partial charge is 0.268 e. The fourth-order valence-corrected chi connectivity index (χ4v) is 2.29. The number of nitrogens with zero attached hydrogens (tertiary/aromatic N) is 1. The number of carbonyl (C=O) groups excluding carboxylic acids is 1. The van der Waals surface area contributed by atoms with Crippen LogP contribution >= 0.6 is 15.9 Å². The number of nitrogens with one attached hydrogen (secondary N) is 1. The van der Waals surface area contributed by atoms with Crippen LogP contribution in [0.25, 0.3) is 0 Å². The molecule has 0 radical (unpaired) electrons. The number of halogens is 1. The van der Waals surface area contributed by atoms with Gasteiger partial charge < -0.3 is 25.2 Å². The molecule has 0 spiro atoms. The van der Waals surface area contributed by atoms with E-state index in [0.29, 0.717) is 11.7 Å². The molecule has 0 aromatic carbocycles. The zero-order valence-electron chi connectivity index (χ0n) is 10.3. The fourth-order valence-electron chi connectivity index (χ4n) is 1.86. The van der Waals surface area contributed by atoms with Crippen LogP contribution in [0.15, 0.2) is 16.7 Å². The van der Waals surface area contributed by atoms with E-state index < -0.39 is 31.3 Å². The quantitative estimate of drug-likeness (QED) is 0.591. The predicted octanol–water partition coefficient (Wildman–Crippen LogP) is 0.0310. The van der Waals surface area contributed by atoms with E-state index in [1.807, 2.05) is 10.8 Å². The van der Waals surface area contributed by atoms with Gasteiger partial charge in [0.15, 0.2) is 0 Å². The maximum absolute atomic E-state index is 12.2. The van der Waals surface area contributed by atoms with E-state index in [1.165, 1.54) is 0 Å². The number of hydrogen-bond acceptors (Lipinski definition) is 4. The highest BCUT2D eigenvalue weighted by molar-refractivity contribution is 9.10. The average molecular weight is 333 g/mol. The summed E-state index contributed by atoms with van der Waals surface area (Å²) in [5.74, 6) is -0.422. The molecule has 7 heteroatoms. The lowest BCUT2D eigenvalue weighted by Gasteiger charge is -2.28. The van der Waals surface area contributed by atoms with Gasteiger partial charge in [0.1, 0.15) is 11.2 Å². The average Bonchev–Trinajstić information content (AvgIpc) is 3.19. The first-order valence-corrected chi connectivity index (χ1v) is 6.87. The van der Waals surface area contributed by atoms with Gasteiger partial charge in [-0.15, -0.1) is 0 Å². The molecule has 1 aromatic rings. The van der Waals surface area contributed by atoms with Crippen molar-refractivity contribution >= 4 is 21.8 Å². The molecule has 1 amide bonds. The molecule has 6 nitrogen and oxygen atoms in total. The van der Waals surface area contributed by atoms with Crippen LogP contribution in [-0.4, -0.2) is 51.2 Å². The molecule has 1 aromatic heterocycles. The zero-order chi connectivity index (χ0) is 14.0. The minimum absolute atomic E-state index is 0.332. The van der Waals surface area contributed by atoms with E-state index in [9.17, 15) is 20.1 Å². The first-order valence-electron chi connectivity index (χ1n) is 6.07. The summed E-state index contributed by atoms with van der Waals surface area (Å²) in [5, 5.41) is 30.2. The van der Waals surface area contributed by atoms with Gasteiger partial charge in [-0.25, -0.2) is 0 Å². The largest absolute Gasteiger partial charge is 0.394 e. The number of amides is 1. The standard InChI is InChI=1S/C12H17BrN2O4/c13-8-3-10(15(4-8)9-1-2-9)11(19)14-12(5-16,6-17)7-18/h3-4,9,16-18H,1-2,5-7H2,(H,14,19). The predicted molar refractivity (Wildman–Crippen MR) is 71.9 cm³/mol. The Hall–Kier alpha value is -0.890. The third-order valence-electron chi connectivity index (χ3n) is 3.27. The Morgan fingerprint density at radius 1 is 1.37 bits per heavy atom. The summed E-state index contributed by atoms with van der Waals surface area (Å²) in [6.07, 6.45) is 3.91. The first-order chi connectivity index (χ1) is 9.05. The molecule has 1 saturated carbocycles. The summed E-state index contributed by atoms with van der Waals surface area (Å²) in [6, 6.07) is 2.02. The molecule has 1 aliphatic carbocycles. The van der Waals surface area contributed by atoms with Gasteiger partial charge in [0.05, 0.1) is 19.8 Å². The Kier molecular flexibility index (Phi) is 4.29. The lowest BCUT2D eigenvalue weighted by atomic mass is 10.0. The van der Waals surface area contributed by atoms with Gasteiger partial charge in [0, 0.05) is 16.7 Å². The molecule has 106 valence electrons. The molecule has 1 fully saturated rings. The van der Waals surface area contributed by atoms with Gasteiger partial charge in [-0.3, -0.25) is 4.79 Å². The van der Waals surface area contributed by atoms with E-state index in [-0.39, 0.29) is 0 Å². The number of hydrogen-bond donors (Lipinski definition) is 4. The number of aliphatic hydroxyl groups excluding tert-OH is 3. The van der Waals surface area contributed by atoms with Crippen LogP contribution in [0.4, 0.5) is 0 Å². The second-order valence-electron chi connectivity index (χ2n) is 4.89. The number of carbonyl (C=O) groups is 1.